The van der Waals surface area contributed by atoms with Crippen molar-refractivity contribution in [2.45, 2.75) is 20.3 Å². The number of hydrogen-bond donors (Lipinski definition) is 1. The number of carbonyl (C=O) groups is 2. The van der Waals surface area contributed by atoms with Crippen molar-refractivity contribution in [3.8, 4) is 5.82 Å². The second-order valence-electron chi connectivity index (χ2n) is 5.95. The minimum atomic E-state index is -0.334. The predicted molar refractivity (Wildman–Crippen MR) is 86.2 cm³/mol. The molecular weight excluding hydrogens is 292 g/mol. The quantitative estimate of drug-likeness (QED) is 0.931. The lowest BCUT2D eigenvalue weighted by molar-refractivity contribution is -0.121. The topological polar surface area (TPSA) is 81.2 Å². The van der Waals surface area contributed by atoms with Crippen LogP contribution in [-0.2, 0) is 4.79 Å². The van der Waals surface area contributed by atoms with Crippen LogP contribution in [0.3, 0.4) is 0 Å². The molecule has 2 amide bonds. The van der Waals surface area contributed by atoms with E-state index in [1.165, 1.54) is 0 Å². The number of pyridine rings is 1. The van der Waals surface area contributed by atoms with Crippen LogP contribution >= 0.6 is 0 Å². The van der Waals surface area contributed by atoms with Crippen molar-refractivity contribution in [3.63, 3.8) is 0 Å². The maximum absolute atomic E-state index is 12.8. The summed E-state index contributed by atoms with van der Waals surface area (Å²) in [6, 6.07) is 7.57. The predicted octanol–water partition coefficient (Wildman–Crippen LogP) is 1.44. The van der Waals surface area contributed by atoms with Gasteiger partial charge in [0.25, 0.3) is 5.91 Å². The molecule has 1 saturated heterocycles. The van der Waals surface area contributed by atoms with Crippen LogP contribution < -0.4 is 5.73 Å². The van der Waals surface area contributed by atoms with Gasteiger partial charge in [-0.3, -0.25) is 9.59 Å². The highest BCUT2D eigenvalue weighted by Gasteiger charge is 2.31. The molecule has 0 aromatic carbocycles. The lowest BCUT2D eigenvalue weighted by Gasteiger charge is -2.16. The molecule has 3 rings (SSSR count). The molecule has 1 fully saturated rings. The SMILES string of the molecule is Cc1cc(C(=O)N2CC[C@@H](C(N)=O)C2)c(C)n1-c1ccccn1. The highest BCUT2D eigenvalue weighted by Crippen LogP contribution is 2.24. The Balaban J connectivity index is 1.90. The highest BCUT2D eigenvalue weighted by atomic mass is 16.2. The third kappa shape index (κ3) is 2.72. The lowest BCUT2D eigenvalue weighted by Crippen LogP contribution is -2.32. The van der Waals surface area contributed by atoms with Crippen LogP contribution in [0.15, 0.2) is 30.5 Å². The van der Waals surface area contributed by atoms with Crippen molar-refractivity contribution in [1.29, 1.82) is 0 Å². The van der Waals surface area contributed by atoms with Gasteiger partial charge in [-0.15, -0.1) is 0 Å². The number of primary amides is 1. The minimum Gasteiger partial charge on any atom is -0.369 e. The molecule has 120 valence electrons. The molecule has 23 heavy (non-hydrogen) atoms. The fraction of sp³-hybridized carbons (Fsp3) is 0.353. The van der Waals surface area contributed by atoms with Crippen molar-refractivity contribution in [2.24, 2.45) is 11.7 Å². The van der Waals surface area contributed by atoms with Crippen molar-refractivity contribution in [2.75, 3.05) is 13.1 Å². The van der Waals surface area contributed by atoms with Gasteiger partial charge in [0, 0.05) is 30.7 Å². The molecule has 3 heterocycles. The summed E-state index contributed by atoms with van der Waals surface area (Å²) in [4.78, 5) is 30.1. The van der Waals surface area contributed by atoms with Crippen LogP contribution in [0, 0.1) is 19.8 Å². The summed E-state index contributed by atoms with van der Waals surface area (Å²) < 4.78 is 1.97. The highest BCUT2D eigenvalue weighted by molar-refractivity contribution is 5.96. The first kappa shape index (κ1) is 15.3. The Bertz CT molecular complexity index is 751. The largest absolute Gasteiger partial charge is 0.369 e. The van der Waals surface area contributed by atoms with E-state index in [0.29, 0.717) is 25.1 Å². The monoisotopic (exact) mass is 312 g/mol. The molecule has 0 radical (unpaired) electrons. The third-order valence-corrected chi connectivity index (χ3v) is 4.42. The molecule has 6 nitrogen and oxygen atoms in total. The molecule has 1 aliphatic rings. The van der Waals surface area contributed by atoms with Gasteiger partial charge < -0.3 is 15.2 Å². The van der Waals surface area contributed by atoms with Gasteiger partial charge in [0.05, 0.1) is 11.5 Å². The minimum absolute atomic E-state index is 0.0518. The molecule has 2 aromatic rings. The zero-order valence-electron chi connectivity index (χ0n) is 13.3. The van der Waals surface area contributed by atoms with Gasteiger partial charge in [-0.25, -0.2) is 4.98 Å². The second kappa shape index (κ2) is 5.87. The molecule has 0 bridgehead atoms. The van der Waals surface area contributed by atoms with Crippen LogP contribution in [0.25, 0.3) is 5.82 Å². The van der Waals surface area contributed by atoms with Crippen LogP contribution in [0.1, 0.15) is 28.2 Å². The summed E-state index contributed by atoms with van der Waals surface area (Å²) in [5, 5.41) is 0. The van der Waals surface area contributed by atoms with Crippen LogP contribution in [0.4, 0.5) is 0 Å². The molecule has 0 saturated carbocycles. The van der Waals surface area contributed by atoms with Gasteiger partial charge in [-0.05, 0) is 38.5 Å². The van der Waals surface area contributed by atoms with Crippen molar-refractivity contribution >= 4 is 11.8 Å². The molecular formula is C17H20N4O2. The molecule has 6 heteroatoms. The van der Waals surface area contributed by atoms with E-state index in [0.717, 1.165) is 17.2 Å². The van der Waals surface area contributed by atoms with Crippen LogP contribution in [0.5, 0.6) is 0 Å². The fourth-order valence-electron chi connectivity index (χ4n) is 3.17. The Hall–Kier alpha value is -2.63. The smallest absolute Gasteiger partial charge is 0.255 e. The summed E-state index contributed by atoms with van der Waals surface area (Å²) in [6.07, 6.45) is 2.37. The number of likely N-dealkylation sites (tertiary alicyclic amines) is 1. The Morgan fingerprint density at radius 1 is 1.30 bits per heavy atom. The summed E-state index contributed by atoms with van der Waals surface area (Å²) in [7, 11) is 0. The molecule has 0 spiro atoms. The number of carbonyl (C=O) groups excluding carboxylic acids is 2. The molecule has 0 aliphatic carbocycles. The summed E-state index contributed by atoms with van der Waals surface area (Å²) in [5.74, 6) is 0.166. The fourth-order valence-corrected chi connectivity index (χ4v) is 3.17. The molecule has 0 unspecified atom stereocenters. The lowest BCUT2D eigenvalue weighted by atomic mass is 10.1. The van der Waals surface area contributed by atoms with Crippen LogP contribution in [0.2, 0.25) is 0 Å². The van der Waals surface area contributed by atoms with Crippen LogP contribution in [-0.4, -0.2) is 39.4 Å². The number of aryl methyl sites for hydroxylation is 1. The maximum Gasteiger partial charge on any atom is 0.255 e. The summed E-state index contributed by atoms with van der Waals surface area (Å²) in [6.45, 7) is 4.84. The standard InChI is InChI=1S/C17H20N4O2/c1-11-9-14(12(2)21(11)15-5-3-4-7-19-15)17(23)20-8-6-13(10-20)16(18)22/h3-5,7,9,13H,6,8,10H2,1-2H3,(H2,18,22)/t13-/m1/s1. The van der Waals surface area contributed by atoms with Gasteiger partial charge >= 0.3 is 0 Å². The van der Waals surface area contributed by atoms with E-state index in [4.69, 9.17) is 5.73 Å². The third-order valence-electron chi connectivity index (χ3n) is 4.42. The van der Waals surface area contributed by atoms with Gasteiger partial charge in [-0.1, -0.05) is 6.07 Å². The number of nitrogens with zero attached hydrogens (tertiary/aromatic N) is 3. The zero-order valence-corrected chi connectivity index (χ0v) is 13.3. The normalized spacial score (nSPS) is 17.5. The van der Waals surface area contributed by atoms with E-state index < -0.39 is 0 Å². The number of amides is 2. The van der Waals surface area contributed by atoms with Gasteiger partial charge in [-0.2, -0.15) is 0 Å². The number of nitrogens with two attached hydrogens (primary N) is 1. The molecule has 1 aliphatic heterocycles. The van der Waals surface area contributed by atoms with Gasteiger partial charge in [0.2, 0.25) is 5.91 Å². The van der Waals surface area contributed by atoms with E-state index in [-0.39, 0.29) is 17.7 Å². The van der Waals surface area contributed by atoms with E-state index in [1.54, 1.807) is 11.1 Å². The second-order valence-corrected chi connectivity index (χ2v) is 5.95. The Labute approximate surface area is 134 Å². The average molecular weight is 312 g/mol. The number of rotatable bonds is 3. The first-order chi connectivity index (χ1) is 11.0. The maximum atomic E-state index is 12.8. The zero-order chi connectivity index (χ0) is 16.6. The van der Waals surface area contributed by atoms with E-state index in [9.17, 15) is 9.59 Å². The first-order valence-corrected chi connectivity index (χ1v) is 7.68. The summed E-state index contributed by atoms with van der Waals surface area (Å²) in [5.41, 5.74) is 7.80. The molecule has 1 atom stereocenters. The van der Waals surface area contributed by atoms with Crippen molar-refractivity contribution < 1.29 is 9.59 Å². The van der Waals surface area contributed by atoms with Crippen molar-refractivity contribution in [3.05, 3.63) is 47.4 Å². The Morgan fingerprint density at radius 2 is 2.09 bits per heavy atom. The number of aromatic nitrogens is 2. The molecule has 2 N–H and O–H groups in total. The van der Waals surface area contributed by atoms with E-state index in [2.05, 4.69) is 4.98 Å². The average Bonchev–Trinajstić information content (AvgIpc) is 3.13. The Morgan fingerprint density at radius 3 is 2.70 bits per heavy atom. The van der Waals surface area contributed by atoms with Gasteiger partial charge in [0.15, 0.2) is 0 Å². The van der Waals surface area contributed by atoms with Gasteiger partial charge in [0.1, 0.15) is 5.82 Å². The molecule has 2 aromatic heterocycles. The summed E-state index contributed by atoms with van der Waals surface area (Å²) >= 11 is 0. The first-order valence-electron chi connectivity index (χ1n) is 7.68. The van der Waals surface area contributed by atoms with E-state index >= 15 is 0 Å². The van der Waals surface area contributed by atoms with Crippen molar-refractivity contribution in [1.82, 2.24) is 14.5 Å². The Kier molecular flexibility index (Phi) is 3.90. The number of hydrogen-bond acceptors (Lipinski definition) is 3. The van der Waals surface area contributed by atoms with E-state index in [1.807, 2.05) is 42.7 Å².